The molecular weight excluding hydrogens is 578 g/mol. The van der Waals surface area contributed by atoms with Gasteiger partial charge < -0.3 is 0 Å². The number of hydrogen-bond donors (Lipinski definition) is 0. The fourth-order valence-electron chi connectivity index (χ4n) is 0. The van der Waals surface area contributed by atoms with Crippen LogP contribution in [0.1, 0.15) is 0 Å². The molecule has 0 saturated carbocycles. The molecule has 0 aromatic carbocycles. The topological polar surface area (TPSA) is 0 Å². The summed E-state index contributed by atoms with van der Waals surface area (Å²) in [5, 5.41) is 0. The molecule has 0 aliphatic carbocycles. The van der Waals surface area contributed by atoms with Gasteiger partial charge in [0, 0.05) is 96.8 Å². The molecule has 0 saturated heterocycles. The van der Waals surface area contributed by atoms with Crippen LogP contribution in [-0.2, 0) is 55.1 Å². The summed E-state index contributed by atoms with van der Waals surface area (Å²) in [7, 11) is 0. The first-order valence-corrected chi connectivity index (χ1v) is 0. The predicted octanol–water partition coefficient (Wildman–Crippen LogP) is -2.75. The van der Waals surface area contributed by atoms with Crippen molar-refractivity contribution >= 4 is 82.8 Å². The molecule has 0 atom stereocenters. The van der Waals surface area contributed by atoms with Crippen LogP contribution in [0.25, 0.3) is 0 Å². The van der Waals surface area contributed by atoms with Gasteiger partial charge in [0.2, 0.25) is 0 Å². The second-order valence-electron chi connectivity index (χ2n) is 0. The molecule has 6 heavy (non-hydrogen) atoms. The van der Waals surface area contributed by atoms with Crippen molar-refractivity contribution in [1.82, 2.24) is 0 Å². The van der Waals surface area contributed by atoms with Crippen LogP contribution in [0.2, 0.25) is 0 Å². The van der Waals surface area contributed by atoms with Gasteiger partial charge in [0.05, 0.1) is 0 Å². The summed E-state index contributed by atoms with van der Waals surface area (Å²) in [6.07, 6.45) is 0. The molecule has 0 aromatic heterocycles. The fourth-order valence-corrected chi connectivity index (χ4v) is 0. The molecule has 0 N–H and O–H groups in total. The first-order valence-electron chi connectivity index (χ1n) is 0. The average molecular weight is 584 g/mol. The maximum atomic E-state index is 0. The quantitative estimate of drug-likeness (QED) is 0.272. The third-order valence-electron chi connectivity index (χ3n) is 0. The zero-order chi connectivity index (χ0) is 0. The van der Waals surface area contributed by atoms with Crippen molar-refractivity contribution in [1.29, 1.82) is 0 Å². The van der Waals surface area contributed by atoms with Gasteiger partial charge >= 0.3 is 82.8 Å². The molecule has 0 unspecified atom stereocenters. The zero-order valence-corrected chi connectivity index (χ0v) is 15.9. The van der Waals surface area contributed by atoms with Gasteiger partial charge in [0.15, 0.2) is 0 Å². The first kappa shape index (κ1) is 40.4. The molecule has 0 rings (SSSR count). The van der Waals surface area contributed by atoms with E-state index in [1.807, 2.05) is 0 Å². The van der Waals surface area contributed by atoms with Crippen molar-refractivity contribution < 1.29 is 96.8 Å². The van der Waals surface area contributed by atoms with Crippen molar-refractivity contribution in [3.05, 3.63) is 0 Å². The summed E-state index contributed by atoms with van der Waals surface area (Å²) in [5.74, 6) is 0. The van der Waals surface area contributed by atoms with Crippen molar-refractivity contribution in [2.75, 3.05) is 0 Å². The number of rotatable bonds is 0. The number of hydrogen-bond acceptors (Lipinski definition) is 0. The van der Waals surface area contributed by atoms with Crippen LogP contribution in [0.15, 0.2) is 0 Å². The zero-order valence-electron chi connectivity index (χ0n) is 2.23. The smallest absolute Gasteiger partial charge is 0 e. The first-order chi connectivity index (χ1) is 0. The van der Waals surface area contributed by atoms with Gasteiger partial charge in [-0.2, -0.15) is 0 Å². The van der Waals surface area contributed by atoms with Crippen LogP contribution in [-0.4, -0.2) is 82.8 Å². The Kier molecular flexibility index (Phi) is 206. The summed E-state index contributed by atoms with van der Waals surface area (Å²) in [6, 6.07) is 0. The van der Waals surface area contributed by atoms with E-state index in [0.717, 1.165) is 0 Å². The van der Waals surface area contributed by atoms with Crippen molar-refractivity contribution in [3.8, 4) is 0 Å². The van der Waals surface area contributed by atoms with Crippen LogP contribution in [0.4, 0.5) is 0 Å². The SMILES string of the molecule is [BiH3].[CaH2].[Ce].[LiH].[Nb].[Y]. The van der Waals surface area contributed by atoms with Crippen LogP contribution in [0.3, 0.4) is 0 Å². The van der Waals surface area contributed by atoms with Crippen molar-refractivity contribution in [3.63, 3.8) is 0 Å². The van der Waals surface area contributed by atoms with Crippen molar-refractivity contribution in [2.24, 2.45) is 0 Å². The molecule has 0 aliphatic heterocycles. The van der Waals surface area contributed by atoms with Gasteiger partial charge in [-0.15, -0.1) is 0 Å². The van der Waals surface area contributed by atoms with Gasteiger partial charge in [-0.1, -0.05) is 0 Å². The van der Waals surface area contributed by atoms with E-state index in [0.29, 0.717) is 0 Å². The van der Waals surface area contributed by atoms with E-state index in [1.54, 1.807) is 0 Å². The van der Waals surface area contributed by atoms with E-state index in [4.69, 9.17) is 0 Å². The van der Waals surface area contributed by atoms with E-state index in [1.165, 1.54) is 0 Å². The Labute approximate surface area is 174 Å². The minimum absolute atomic E-state index is 0. The second-order valence-corrected chi connectivity index (χ2v) is 0. The minimum atomic E-state index is 0. The Balaban J connectivity index is 0. The van der Waals surface area contributed by atoms with Crippen LogP contribution < -0.4 is 0 Å². The van der Waals surface area contributed by atoms with E-state index >= 15 is 0 Å². The van der Waals surface area contributed by atoms with E-state index in [-0.39, 0.29) is 180 Å². The maximum Gasteiger partial charge on any atom is 0 e. The molecule has 0 bridgehead atoms. The minimum Gasteiger partial charge on any atom is 0 e. The molecule has 2 radical (unpaired) electrons. The second kappa shape index (κ2) is 30.6. The third kappa shape index (κ3) is 22.5. The van der Waals surface area contributed by atoms with Crippen LogP contribution in [0, 0.1) is 41.7 Å². The molecule has 0 heterocycles. The van der Waals surface area contributed by atoms with E-state index in [2.05, 4.69) is 0 Å². The molecule has 0 aromatic rings. The standard InChI is InChI=1S/Bi.Ca.Ce.Li.Nb.Y.6H. The van der Waals surface area contributed by atoms with Gasteiger partial charge in [-0.3, -0.25) is 0 Å². The molecule has 0 aliphatic rings. The fraction of sp³-hybridized carbons (Fsp3) is 0. The molecule has 0 spiro atoms. The van der Waals surface area contributed by atoms with E-state index in [9.17, 15) is 0 Å². The molecule has 0 amide bonds. The Morgan fingerprint density at radius 2 is 1.00 bits per heavy atom. The molecule has 0 nitrogen and oxygen atoms in total. The molecule has 26 valence electrons. The largest absolute Gasteiger partial charge is 0 e. The Morgan fingerprint density at radius 3 is 1.00 bits per heavy atom. The Hall–Kier alpha value is 5.96. The summed E-state index contributed by atoms with van der Waals surface area (Å²) in [6.45, 7) is 0. The third-order valence-corrected chi connectivity index (χ3v) is 0. The Morgan fingerprint density at radius 1 is 1.00 bits per heavy atom. The predicted molar refractivity (Wildman–Crippen MR) is 25.6 cm³/mol. The van der Waals surface area contributed by atoms with Crippen LogP contribution >= 0.6 is 0 Å². The summed E-state index contributed by atoms with van der Waals surface area (Å²) >= 11 is 0. The van der Waals surface area contributed by atoms with Gasteiger partial charge in [-0.25, -0.2) is 0 Å². The Bertz CT molecular complexity index is 15.5. The summed E-state index contributed by atoms with van der Waals surface area (Å²) in [5.41, 5.74) is 0. The van der Waals surface area contributed by atoms with Crippen molar-refractivity contribution in [2.45, 2.75) is 0 Å². The normalized spacial score (nSPS) is 0. The maximum absolute atomic E-state index is 0. The molecule has 0 fully saturated rings. The molecule has 6 heteroatoms. The van der Waals surface area contributed by atoms with Crippen LogP contribution in [0.5, 0.6) is 0 Å². The van der Waals surface area contributed by atoms with E-state index < -0.39 is 0 Å². The molecular formula is H6BiCaCeLiNbY. The van der Waals surface area contributed by atoms with Gasteiger partial charge in [-0.05, 0) is 0 Å². The summed E-state index contributed by atoms with van der Waals surface area (Å²) < 4.78 is 0. The van der Waals surface area contributed by atoms with Gasteiger partial charge in [0.1, 0.15) is 0 Å². The average Bonchev–Trinajstić information content (AvgIpc) is 0. The van der Waals surface area contributed by atoms with Gasteiger partial charge in [0.25, 0.3) is 0 Å². The monoisotopic (exact) mass is 584 g/mol. The summed E-state index contributed by atoms with van der Waals surface area (Å²) in [4.78, 5) is 0.